The minimum absolute atomic E-state index is 0.0279. The van der Waals surface area contributed by atoms with Crippen LogP contribution in [0.25, 0.3) is 0 Å². The van der Waals surface area contributed by atoms with E-state index in [2.05, 4.69) is 0 Å². The molecular weight excluding hydrogens is 220 g/mol. The Kier molecular flexibility index (Phi) is 6.47. The number of amides is 1. The summed E-state index contributed by atoms with van der Waals surface area (Å²) in [6.07, 6.45) is 4.40. The Balaban J connectivity index is 2.43. The number of piperidine rings is 1. The van der Waals surface area contributed by atoms with Crippen molar-refractivity contribution < 1.29 is 14.6 Å². The molecule has 1 heterocycles. The quantitative estimate of drug-likeness (QED) is 0.650. The van der Waals surface area contributed by atoms with Crippen LogP contribution in [0.1, 0.15) is 32.1 Å². The molecule has 1 rings (SSSR count). The van der Waals surface area contributed by atoms with Gasteiger partial charge in [0.1, 0.15) is 0 Å². The lowest BCUT2D eigenvalue weighted by Gasteiger charge is -2.36. The molecule has 0 aromatic carbocycles. The molecule has 5 heteroatoms. The van der Waals surface area contributed by atoms with Crippen LogP contribution in [0.15, 0.2) is 0 Å². The Bertz CT molecular complexity index is 236. The third-order valence-corrected chi connectivity index (χ3v) is 3.30. The van der Waals surface area contributed by atoms with E-state index in [-0.39, 0.29) is 18.6 Å². The molecule has 0 spiro atoms. The number of nitrogens with two attached hydrogens (primary N) is 1. The zero-order chi connectivity index (χ0) is 12.7. The molecule has 1 aliphatic heterocycles. The first-order chi connectivity index (χ1) is 8.20. The summed E-state index contributed by atoms with van der Waals surface area (Å²) in [4.78, 5) is 13.9. The van der Waals surface area contributed by atoms with Gasteiger partial charge in [0, 0.05) is 20.3 Å². The predicted molar refractivity (Wildman–Crippen MR) is 65.5 cm³/mol. The summed E-state index contributed by atoms with van der Waals surface area (Å²) in [6.45, 7) is 1.39. The van der Waals surface area contributed by atoms with Gasteiger partial charge in [-0.15, -0.1) is 0 Å². The van der Waals surface area contributed by atoms with Crippen molar-refractivity contribution in [3.63, 3.8) is 0 Å². The lowest BCUT2D eigenvalue weighted by molar-refractivity contribution is -0.137. The first-order valence-corrected chi connectivity index (χ1v) is 6.36. The molecule has 1 aliphatic rings. The number of carbonyl (C=O) groups excluding carboxylic acids is 1. The van der Waals surface area contributed by atoms with E-state index in [0.717, 1.165) is 32.2 Å². The molecule has 1 fully saturated rings. The normalized spacial score (nSPS) is 22.5. The topological polar surface area (TPSA) is 75.8 Å². The lowest BCUT2D eigenvalue weighted by Crippen LogP contribution is -2.52. The van der Waals surface area contributed by atoms with E-state index in [0.29, 0.717) is 13.0 Å². The van der Waals surface area contributed by atoms with E-state index in [1.807, 2.05) is 0 Å². The van der Waals surface area contributed by atoms with Crippen molar-refractivity contribution in [3.8, 4) is 0 Å². The molecule has 2 unspecified atom stereocenters. The molecule has 100 valence electrons. The SMILES string of the molecule is COCCCC(N)C(=O)N1CCCCC1CO. The van der Waals surface area contributed by atoms with Crippen molar-refractivity contribution in [3.05, 3.63) is 0 Å². The molecule has 0 bridgehead atoms. The van der Waals surface area contributed by atoms with E-state index in [9.17, 15) is 9.90 Å². The highest BCUT2D eigenvalue weighted by Crippen LogP contribution is 2.18. The number of likely N-dealkylation sites (tertiary alicyclic amines) is 1. The van der Waals surface area contributed by atoms with E-state index in [4.69, 9.17) is 10.5 Å². The van der Waals surface area contributed by atoms with Crippen LogP contribution in [0.3, 0.4) is 0 Å². The number of rotatable bonds is 6. The highest BCUT2D eigenvalue weighted by atomic mass is 16.5. The first kappa shape index (κ1) is 14.4. The first-order valence-electron chi connectivity index (χ1n) is 6.36. The minimum atomic E-state index is -0.461. The molecular formula is C12H24N2O3. The Morgan fingerprint density at radius 3 is 3.00 bits per heavy atom. The summed E-state index contributed by atoms with van der Waals surface area (Å²) < 4.78 is 4.94. The van der Waals surface area contributed by atoms with Crippen LogP contribution in [0.4, 0.5) is 0 Å². The van der Waals surface area contributed by atoms with Gasteiger partial charge in [0.05, 0.1) is 18.7 Å². The van der Waals surface area contributed by atoms with Crippen molar-refractivity contribution in [1.29, 1.82) is 0 Å². The zero-order valence-corrected chi connectivity index (χ0v) is 10.6. The van der Waals surface area contributed by atoms with Gasteiger partial charge in [0.15, 0.2) is 0 Å². The fourth-order valence-electron chi connectivity index (χ4n) is 2.26. The molecule has 0 aliphatic carbocycles. The van der Waals surface area contributed by atoms with Crippen molar-refractivity contribution in [1.82, 2.24) is 4.90 Å². The predicted octanol–water partition coefficient (Wildman–Crippen LogP) is 0.114. The second-order valence-electron chi connectivity index (χ2n) is 4.61. The lowest BCUT2D eigenvalue weighted by atomic mass is 10.0. The Labute approximate surface area is 103 Å². The summed E-state index contributed by atoms with van der Waals surface area (Å²) in [5.41, 5.74) is 5.88. The van der Waals surface area contributed by atoms with Crippen LogP contribution >= 0.6 is 0 Å². The Morgan fingerprint density at radius 2 is 2.35 bits per heavy atom. The van der Waals surface area contributed by atoms with Gasteiger partial charge in [0.2, 0.25) is 5.91 Å². The average Bonchev–Trinajstić information content (AvgIpc) is 2.38. The van der Waals surface area contributed by atoms with Gasteiger partial charge in [-0.05, 0) is 32.1 Å². The Hall–Kier alpha value is -0.650. The molecule has 1 amide bonds. The number of nitrogens with zero attached hydrogens (tertiary/aromatic N) is 1. The van der Waals surface area contributed by atoms with Gasteiger partial charge in [-0.1, -0.05) is 0 Å². The van der Waals surface area contributed by atoms with Gasteiger partial charge in [-0.3, -0.25) is 4.79 Å². The van der Waals surface area contributed by atoms with E-state index in [1.165, 1.54) is 0 Å². The smallest absolute Gasteiger partial charge is 0.239 e. The van der Waals surface area contributed by atoms with Gasteiger partial charge in [-0.25, -0.2) is 0 Å². The molecule has 1 saturated heterocycles. The summed E-state index contributed by atoms with van der Waals surface area (Å²) in [7, 11) is 1.64. The second-order valence-corrected chi connectivity index (χ2v) is 4.61. The highest BCUT2D eigenvalue weighted by Gasteiger charge is 2.29. The van der Waals surface area contributed by atoms with Gasteiger partial charge in [-0.2, -0.15) is 0 Å². The highest BCUT2D eigenvalue weighted by molar-refractivity contribution is 5.82. The largest absolute Gasteiger partial charge is 0.394 e. The standard InChI is InChI=1S/C12H24N2O3/c1-17-8-4-6-11(13)12(16)14-7-3-2-5-10(14)9-15/h10-11,15H,2-9,13H2,1H3. The summed E-state index contributed by atoms with van der Waals surface area (Å²) in [5, 5.41) is 9.25. The van der Waals surface area contributed by atoms with Crippen molar-refractivity contribution in [2.75, 3.05) is 26.9 Å². The van der Waals surface area contributed by atoms with Crippen LogP contribution in [-0.4, -0.2) is 54.9 Å². The van der Waals surface area contributed by atoms with E-state index in [1.54, 1.807) is 12.0 Å². The van der Waals surface area contributed by atoms with Gasteiger partial charge >= 0.3 is 0 Å². The maximum absolute atomic E-state index is 12.1. The van der Waals surface area contributed by atoms with Crippen LogP contribution in [0, 0.1) is 0 Å². The minimum Gasteiger partial charge on any atom is -0.394 e. The van der Waals surface area contributed by atoms with Crippen molar-refractivity contribution in [2.45, 2.75) is 44.2 Å². The molecule has 0 aromatic heterocycles. The van der Waals surface area contributed by atoms with Crippen LogP contribution < -0.4 is 5.73 Å². The second kappa shape index (κ2) is 7.63. The molecule has 2 atom stereocenters. The summed E-state index contributed by atoms with van der Waals surface area (Å²) >= 11 is 0. The maximum Gasteiger partial charge on any atom is 0.239 e. The van der Waals surface area contributed by atoms with Crippen molar-refractivity contribution in [2.24, 2.45) is 5.73 Å². The van der Waals surface area contributed by atoms with Crippen LogP contribution in [0.2, 0.25) is 0 Å². The maximum atomic E-state index is 12.1. The molecule has 0 saturated carbocycles. The molecule has 0 aromatic rings. The fraction of sp³-hybridized carbons (Fsp3) is 0.917. The molecule has 0 radical (unpaired) electrons. The van der Waals surface area contributed by atoms with E-state index >= 15 is 0 Å². The number of hydrogen-bond acceptors (Lipinski definition) is 4. The number of aliphatic hydroxyl groups excluding tert-OH is 1. The summed E-state index contributed by atoms with van der Waals surface area (Å²) in [6, 6.07) is -0.498. The van der Waals surface area contributed by atoms with Crippen molar-refractivity contribution >= 4 is 5.91 Å². The average molecular weight is 244 g/mol. The third-order valence-electron chi connectivity index (χ3n) is 3.30. The van der Waals surface area contributed by atoms with Gasteiger partial charge in [0.25, 0.3) is 0 Å². The monoisotopic (exact) mass is 244 g/mol. The number of methoxy groups -OCH3 is 1. The fourth-order valence-corrected chi connectivity index (χ4v) is 2.26. The third kappa shape index (κ3) is 4.26. The molecule has 3 N–H and O–H groups in total. The number of carbonyl (C=O) groups is 1. The van der Waals surface area contributed by atoms with E-state index < -0.39 is 6.04 Å². The number of ether oxygens (including phenoxy) is 1. The number of aliphatic hydroxyl groups is 1. The molecule has 17 heavy (non-hydrogen) atoms. The number of hydrogen-bond donors (Lipinski definition) is 2. The zero-order valence-electron chi connectivity index (χ0n) is 10.6. The molecule has 5 nitrogen and oxygen atoms in total. The Morgan fingerprint density at radius 1 is 1.59 bits per heavy atom. The van der Waals surface area contributed by atoms with Gasteiger partial charge < -0.3 is 20.5 Å². The van der Waals surface area contributed by atoms with Crippen LogP contribution in [0.5, 0.6) is 0 Å². The summed E-state index contributed by atoms with van der Waals surface area (Å²) in [5.74, 6) is -0.0279. The van der Waals surface area contributed by atoms with Crippen LogP contribution in [-0.2, 0) is 9.53 Å².